The van der Waals surface area contributed by atoms with Crippen molar-refractivity contribution >= 4 is 11.7 Å². The minimum atomic E-state index is -0.292. The number of aryl methyl sites for hydroxylation is 1. The fourth-order valence-corrected chi connectivity index (χ4v) is 5.68. The fraction of sp³-hybridized carbons (Fsp3) is 0.655. The van der Waals surface area contributed by atoms with Crippen LogP contribution in [0.15, 0.2) is 22.9 Å². The van der Waals surface area contributed by atoms with Crippen molar-refractivity contribution < 1.29 is 18.8 Å². The van der Waals surface area contributed by atoms with Gasteiger partial charge in [-0.1, -0.05) is 19.0 Å². The second-order valence-electron chi connectivity index (χ2n) is 12.3. The first-order chi connectivity index (χ1) is 18.6. The number of carbonyl (C=O) groups is 1. The molecule has 5 rings (SSSR count). The molecule has 1 saturated heterocycles. The van der Waals surface area contributed by atoms with Crippen molar-refractivity contribution in [2.75, 3.05) is 11.9 Å². The molecule has 10 heteroatoms. The summed E-state index contributed by atoms with van der Waals surface area (Å²) >= 11 is 0. The van der Waals surface area contributed by atoms with E-state index >= 15 is 0 Å². The molecule has 1 amide bonds. The van der Waals surface area contributed by atoms with E-state index in [4.69, 9.17) is 19.1 Å². The summed E-state index contributed by atoms with van der Waals surface area (Å²) in [6.07, 6.45) is 8.12. The van der Waals surface area contributed by atoms with Crippen LogP contribution in [0.1, 0.15) is 114 Å². The minimum absolute atomic E-state index is 0.00658. The number of nitrogens with one attached hydrogen (secondary N) is 1. The molecule has 3 unspecified atom stereocenters. The van der Waals surface area contributed by atoms with Gasteiger partial charge in [-0.05, 0) is 72.1 Å². The summed E-state index contributed by atoms with van der Waals surface area (Å²) in [6, 6.07) is 3.79. The van der Waals surface area contributed by atoms with Gasteiger partial charge in [-0.25, -0.2) is 9.36 Å². The molecule has 1 N–H and O–H groups in total. The molecule has 3 atom stereocenters. The molecule has 0 bridgehead atoms. The molecular formula is C29H42N6O4. The maximum Gasteiger partial charge on any atom is 0.233 e. The molecule has 39 heavy (non-hydrogen) atoms. The highest BCUT2D eigenvalue weighted by Gasteiger charge is 2.33. The molecule has 0 aromatic carbocycles. The van der Waals surface area contributed by atoms with Gasteiger partial charge in [0.05, 0.1) is 41.3 Å². The lowest BCUT2D eigenvalue weighted by Gasteiger charge is -2.26. The van der Waals surface area contributed by atoms with Crippen molar-refractivity contribution in [1.82, 2.24) is 24.7 Å². The second kappa shape index (κ2) is 11.2. The molecule has 3 aromatic heterocycles. The predicted octanol–water partition coefficient (Wildman–Crippen LogP) is 5.85. The van der Waals surface area contributed by atoms with Gasteiger partial charge in [0.15, 0.2) is 12.0 Å². The summed E-state index contributed by atoms with van der Waals surface area (Å²) in [5, 5.41) is 16.6. The zero-order valence-corrected chi connectivity index (χ0v) is 24.1. The molecule has 212 valence electrons. The molecule has 10 nitrogen and oxygen atoms in total. The predicted molar refractivity (Wildman–Crippen MR) is 147 cm³/mol. The average Bonchev–Trinajstić information content (AvgIpc) is 3.66. The van der Waals surface area contributed by atoms with Crippen LogP contribution in [0.3, 0.4) is 0 Å². The second-order valence-corrected chi connectivity index (χ2v) is 12.3. The average molecular weight is 539 g/mol. The summed E-state index contributed by atoms with van der Waals surface area (Å²) in [6.45, 7) is 13.2. The zero-order valence-electron chi connectivity index (χ0n) is 24.1. The summed E-state index contributed by atoms with van der Waals surface area (Å²) in [7, 11) is 0. The molecular weight excluding hydrogens is 496 g/mol. The van der Waals surface area contributed by atoms with Gasteiger partial charge in [0.25, 0.3) is 0 Å². The number of ether oxygens (including phenoxy) is 2. The number of nitrogens with zero attached hydrogens (tertiary/aromatic N) is 5. The maximum absolute atomic E-state index is 12.8. The van der Waals surface area contributed by atoms with Crippen LogP contribution in [0.4, 0.5) is 5.82 Å². The number of aromatic nitrogens is 5. The summed E-state index contributed by atoms with van der Waals surface area (Å²) in [5.74, 6) is 2.47. The Morgan fingerprint density at radius 1 is 1.21 bits per heavy atom. The molecule has 3 aromatic rings. The summed E-state index contributed by atoms with van der Waals surface area (Å²) in [4.78, 5) is 12.8. The van der Waals surface area contributed by atoms with Crippen LogP contribution in [0, 0.1) is 6.92 Å². The Balaban J connectivity index is 1.28. The number of hydrogen-bond acceptors (Lipinski definition) is 7. The Labute approximate surface area is 230 Å². The highest BCUT2D eigenvalue weighted by Crippen LogP contribution is 2.40. The van der Waals surface area contributed by atoms with Crippen molar-refractivity contribution in [3.05, 3.63) is 41.2 Å². The van der Waals surface area contributed by atoms with Gasteiger partial charge in [0, 0.05) is 24.7 Å². The molecule has 0 spiro atoms. The highest BCUT2D eigenvalue weighted by molar-refractivity contribution is 5.91. The molecule has 1 aliphatic carbocycles. The van der Waals surface area contributed by atoms with E-state index in [0.29, 0.717) is 11.6 Å². The van der Waals surface area contributed by atoms with E-state index in [1.807, 2.05) is 28.6 Å². The van der Waals surface area contributed by atoms with E-state index in [1.54, 1.807) is 6.07 Å². The van der Waals surface area contributed by atoms with Crippen LogP contribution in [0.2, 0.25) is 0 Å². The van der Waals surface area contributed by atoms with Crippen molar-refractivity contribution in [3.8, 4) is 5.75 Å². The lowest BCUT2D eigenvalue weighted by molar-refractivity contribution is -0.115. The highest BCUT2D eigenvalue weighted by atomic mass is 16.5. The topological polar surface area (TPSA) is 109 Å². The Morgan fingerprint density at radius 2 is 2.03 bits per heavy atom. The van der Waals surface area contributed by atoms with E-state index in [-0.39, 0.29) is 42.0 Å². The minimum Gasteiger partial charge on any atom is -0.487 e. The molecule has 1 aliphatic heterocycles. The SMILES string of the molecule is Cc1cc(CC(=O)Nc2cc(C3CCC(Oc4cnn(C5CCCCO5)c4C(C)C)C3)nn2C(C)(C)C)on1. The van der Waals surface area contributed by atoms with Crippen LogP contribution in [-0.4, -0.2) is 43.3 Å². The monoisotopic (exact) mass is 538 g/mol. The number of amides is 1. The maximum atomic E-state index is 12.8. The van der Waals surface area contributed by atoms with Crippen molar-refractivity contribution in [2.45, 2.75) is 116 Å². The Kier molecular flexibility index (Phi) is 7.84. The number of hydrogen-bond donors (Lipinski definition) is 1. The van der Waals surface area contributed by atoms with E-state index in [9.17, 15) is 4.79 Å². The molecule has 2 aliphatic rings. The Hall–Kier alpha value is -3.14. The standard InChI is InChI=1S/C29H42N6O4/c1-18(2)28-24(17-30-34(28)27-9-7-8-12-37-27)38-21-11-10-20(14-21)23-16-25(35(32-23)29(4,5)6)31-26(36)15-22-13-19(3)33-39-22/h13,16-18,20-21,27H,7-12,14-15H2,1-6H3,(H,31,36). The van der Waals surface area contributed by atoms with Gasteiger partial charge in [-0.3, -0.25) is 4.79 Å². The van der Waals surface area contributed by atoms with Crippen LogP contribution < -0.4 is 10.1 Å². The first-order valence-electron chi connectivity index (χ1n) is 14.3. The van der Waals surface area contributed by atoms with Gasteiger partial charge in [-0.15, -0.1) is 0 Å². The van der Waals surface area contributed by atoms with Crippen LogP contribution in [0.25, 0.3) is 0 Å². The van der Waals surface area contributed by atoms with Gasteiger partial charge in [0.1, 0.15) is 11.6 Å². The van der Waals surface area contributed by atoms with E-state index in [0.717, 1.165) is 68.0 Å². The summed E-state index contributed by atoms with van der Waals surface area (Å²) < 4.78 is 21.7. The van der Waals surface area contributed by atoms with Crippen LogP contribution >= 0.6 is 0 Å². The van der Waals surface area contributed by atoms with Gasteiger partial charge >= 0.3 is 0 Å². The number of anilines is 1. The van der Waals surface area contributed by atoms with Crippen molar-refractivity contribution in [3.63, 3.8) is 0 Å². The van der Waals surface area contributed by atoms with Gasteiger partial charge in [0.2, 0.25) is 5.91 Å². The summed E-state index contributed by atoms with van der Waals surface area (Å²) in [5.41, 5.74) is 2.56. The van der Waals surface area contributed by atoms with Gasteiger partial charge < -0.3 is 19.3 Å². The third-order valence-electron chi connectivity index (χ3n) is 7.51. The fourth-order valence-electron chi connectivity index (χ4n) is 5.68. The number of carbonyl (C=O) groups excluding carboxylic acids is 1. The normalized spacial score (nSPS) is 22.0. The van der Waals surface area contributed by atoms with E-state index in [2.05, 4.69) is 50.2 Å². The van der Waals surface area contributed by atoms with Crippen LogP contribution in [-0.2, 0) is 21.5 Å². The van der Waals surface area contributed by atoms with E-state index in [1.165, 1.54) is 0 Å². The Bertz CT molecular complexity index is 1280. The lowest BCUT2D eigenvalue weighted by atomic mass is 10.0. The first kappa shape index (κ1) is 27.4. The van der Waals surface area contributed by atoms with Crippen molar-refractivity contribution in [1.29, 1.82) is 0 Å². The van der Waals surface area contributed by atoms with Crippen molar-refractivity contribution in [2.24, 2.45) is 0 Å². The molecule has 4 heterocycles. The lowest BCUT2D eigenvalue weighted by Crippen LogP contribution is -2.27. The smallest absolute Gasteiger partial charge is 0.233 e. The molecule has 1 saturated carbocycles. The quantitative estimate of drug-likeness (QED) is 0.383. The number of rotatable bonds is 8. The third-order valence-corrected chi connectivity index (χ3v) is 7.51. The molecule has 2 fully saturated rings. The van der Waals surface area contributed by atoms with E-state index < -0.39 is 0 Å². The van der Waals surface area contributed by atoms with Crippen LogP contribution in [0.5, 0.6) is 5.75 Å². The first-order valence-corrected chi connectivity index (χ1v) is 14.3. The molecule has 0 radical (unpaired) electrons. The van der Waals surface area contributed by atoms with Gasteiger partial charge in [-0.2, -0.15) is 10.2 Å². The largest absolute Gasteiger partial charge is 0.487 e. The Morgan fingerprint density at radius 3 is 2.69 bits per heavy atom. The zero-order chi connectivity index (χ0) is 27.7. The third kappa shape index (κ3) is 6.21.